The fourth-order valence-electron chi connectivity index (χ4n) is 2.59. The Balaban J connectivity index is 1.83. The summed E-state index contributed by atoms with van der Waals surface area (Å²) in [6.45, 7) is 3.96. The summed E-state index contributed by atoms with van der Waals surface area (Å²) in [6, 6.07) is 8.52. The SMILES string of the molecule is CC(C)C[C@H](NC(=O)c1ccc2nc(-n3cccc3)sc2c1)C(N)=O. The number of carbonyl (C=O) groups excluding carboxylic acids is 2. The number of carbonyl (C=O) groups is 2. The minimum atomic E-state index is -0.667. The molecule has 0 aliphatic heterocycles. The predicted molar refractivity (Wildman–Crippen MR) is 98.9 cm³/mol. The molecule has 2 heterocycles. The third kappa shape index (κ3) is 3.88. The zero-order chi connectivity index (χ0) is 18.0. The van der Waals surface area contributed by atoms with Gasteiger partial charge >= 0.3 is 0 Å². The third-order valence-electron chi connectivity index (χ3n) is 3.82. The number of primary amides is 1. The predicted octanol–water partition coefficient (Wildman–Crippen LogP) is 2.72. The van der Waals surface area contributed by atoms with E-state index < -0.39 is 11.9 Å². The van der Waals surface area contributed by atoms with Crippen LogP contribution in [0.2, 0.25) is 0 Å². The molecule has 3 rings (SSSR count). The fourth-order valence-corrected chi connectivity index (χ4v) is 3.56. The van der Waals surface area contributed by atoms with E-state index in [1.807, 2.05) is 49.0 Å². The lowest BCUT2D eigenvalue weighted by Crippen LogP contribution is -2.45. The molecular weight excluding hydrogens is 336 g/mol. The summed E-state index contributed by atoms with van der Waals surface area (Å²) >= 11 is 1.50. The van der Waals surface area contributed by atoms with Crippen LogP contribution in [0, 0.1) is 5.92 Å². The van der Waals surface area contributed by atoms with Crippen LogP contribution in [0.1, 0.15) is 30.6 Å². The molecule has 3 N–H and O–H groups in total. The number of rotatable bonds is 6. The van der Waals surface area contributed by atoms with E-state index >= 15 is 0 Å². The van der Waals surface area contributed by atoms with Gasteiger partial charge in [-0.1, -0.05) is 25.2 Å². The highest BCUT2D eigenvalue weighted by Gasteiger charge is 2.20. The minimum Gasteiger partial charge on any atom is -0.368 e. The van der Waals surface area contributed by atoms with Gasteiger partial charge in [0, 0.05) is 18.0 Å². The first-order chi connectivity index (χ1) is 11.9. The molecule has 0 saturated carbocycles. The molecule has 6 nitrogen and oxygen atoms in total. The van der Waals surface area contributed by atoms with Gasteiger partial charge in [0.15, 0.2) is 5.13 Å². The topological polar surface area (TPSA) is 90.0 Å². The van der Waals surface area contributed by atoms with Crippen molar-refractivity contribution in [2.75, 3.05) is 0 Å². The van der Waals surface area contributed by atoms with Gasteiger partial charge in [0.2, 0.25) is 5.91 Å². The van der Waals surface area contributed by atoms with Crippen molar-refractivity contribution in [3.05, 3.63) is 48.3 Å². The van der Waals surface area contributed by atoms with Crippen molar-refractivity contribution in [2.24, 2.45) is 11.7 Å². The Morgan fingerprint density at radius 1 is 1.28 bits per heavy atom. The van der Waals surface area contributed by atoms with E-state index in [0.29, 0.717) is 12.0 Å². The van der Waals surface area contributed by atoms with Crippen molar-refractivity contribution in [3.63, 3.8) is 0 Å². The number of amides is 2. The summed E-state index contributed by atoms with van der Waals surface area (Å²) in [5, 5.41) is 3.57. The van der Waals surface area contributed by atoms with Crippen LogP contribution in [-0.4, -0.2) is 27.4 Å². The monoisotopic (exact) mass is 356 g/mol. The Morgan fingerprint density at radius 2 is 2.00 bits per heavy atom. The number of aromatic nitrogens is 2. The molecule has 0 saturated heterocycles. The van der Waals surface area contributed by atoms with E-state index in [2.05, 4.69) is 10.3 Å². The number of hydrogen-bond donors (Lipinski definition) is 2. The molecule has 0 bridgehead atoms. The average Bonchev–Trinajstić information content (AvgIpc) is 3.21. The van der Waals surface area contributed by atoms with E-state index in [4.69, 9.17) is 5.73 Å². The van der Waals surface area contributed by atoms with Crippen molar-refractivity contribution in [1.29, 1.82) is 0 Å². The first-order valence-corrected chi connectivity index (χ1v) is 8.90. The van der Waals surface area contributed by atoms with Crippen LogP contribution < -0.4 is 11.1 Å². The van der Waals surface area contributed by atoms with Crippen molar-refractivity contribution < 1.29 is 9.59 Å². The maximum Gasteiger partial charge on any atom is 0.251 e. The molecule has 2 aromatic heterocycles. The van der Waals surface area contributed by atoms with E-state index in [1.54, 1.807) is 12.1 Å². The van der Waals surface area contributed by atoms with Gasteiger partial charge in [-0.05, 0) is 42.7 Å². The van der Waals surface area contributed by atoms with Crippen LogP contribution in [0.25, 0.3) is 15.3 Å². The van der Waals surface area contributed by atoms with Crippen LogP contribution in [0.5, 0.6) is 0 Å². The Morgan fingerprint density at radius 3 is 2.64 bits per heavy atom. The molecule has 130 valence electrons. The first kappa shape index (κ1) is 17.2. The number of hydrogen-bond acceptors (Lipinski definition) is 4. The molecular formula is C18H20N4O2S. The summed E-state index contributed by atoms with van der Waals surface area (Å²) in [7, 11) is 0. The van der Waals surface area contributed by atoms with Gasteiger partial charge in [-0.2, -0.15) is 0 Å². The standard InChI is InChI=1S/C18H20N4O2S/c1-11(2)9-14(16(19)23)20-17(24)12-5-6-13-15(10-12)25-18(21-13)22-7-3-4-8-22/h3-8,10-11,14H,9H2,1-2H3,(H2,19,23)(H,20,24)/t14-/m0/s1. The van der Waals surface area contributed by atoms with Gasteiger partial charge in [-0.3, -0.25) is 9.59 Å². The molecule has 1 aromatic carbocycles. The van der Waals surface area contributed by atoms with E-state index in [9.17, 15) is 9.59 Å². The number of nitrogens with one attached hydrogen (secondary N) is 1. The summed E-state index contributed by atoms with van der Waals surface area (Å²) in [6.07, 6.45) is 4.37. The van der Waals surface area contributed by atoms with Gasteiger partial charge in [-0.25, -0.2) is 4.98 Å². The number of nitrogens with zero attached hydrogens (tertiary/aromatic N) is 2. The van der Waals surface area contributed by atoms with Crippen LogP contribution in [-0.2, 0) is 4.79 Å². The van der Waals surface area contributed by atoms with Crippen LogP contribution in [0.4, 0.5) is 0 Å². The molecule has 0 aliphatic carbocycles. The molecule has 0 aliphatic rings. The number of fused-ring (bicyclic) bond motifs is 1. The molecule has 0 fully saturated rings. The maximum atomic E-state index is 12.5. The zero-order valence-electron chi connectivity index (χ0n) is 14.1. The van der Waals surface area contributed by atoms with E-state index in [0.717, 1.165) is 15.3 Å². The minimum absolute atomic E-state index is 0.255. The largest absolute Gasteiger partial charge is 0.368 e. The Bertz CT molecular complexity index is 899. The quantitative estimate of drug-likeness (QED) is 0.711. The molecule has 1 atom stereocenters. The van der Waals surface area contributed by atoms with Gasteiger partial charge in [0.25, 0.3) is 5.91 Å². The summed E-state index contributed by atoms with van der Waals surface area (Å²) < 4.78 is 2.84. The Kier molecular flexibility index (Phi) is 4.85. The molecule has 0 spiro atoms. The van der Waals surface area contributed by atoms with Crippen molar-refractivity contribution in [1.82, 2.24) is 14.9 Å². The highest BCUT2D eigenvalue weighted by Crippen LogP contribution is 2.26. The second-order valence-corrected chi connectivity index (χ2v) is 7.34. The van der Waals surface area contributed by atoms with Gasteiger partial charge in [0.05, 0.1) is 10.2 Å². The lowest BCUT2D eigenvalue weighted by atomic mass is 10.0. The average molecular weight is 356 g/mol. The highest BCUT2D eigenvalue weighted by molar-refractivity contribution is 7.20. The fraction of sp³-hybridized carbons (Fsp3) is 0.278. The normalized spacial score (nSPS) is 12.4. The van der Waals surface area contributed by atoms with Crippen LogP contribution >= 0.6 is 11.3 Å². The Hall–Kier alpha value is -2.67. The van der Waals surface area contributed by atoms with Gasteiger partial charge in [-0.15, -0.1) is 0 Å². The van der Waals surface area contributed by atoms with Gasteiger partial charge < -0.3 is 15.6 Å². The van der Waals surface area contributed by atoms with Crippen molar-refractivity contribution in [2.45, 2.75) is 26.3 Å². The molecule has 7 heteroatoms. The highest BCUT2D eigenvalue weighted by atomic mass is 32.1. The summed E-state index contributed by atoms with van der Waals surface area (Å²) in [5.41, 5.74) is 6.72. The van der Waals surface area contributed by atoms with Crippen molar-refractivity contribution in [3.8, 4) is 5.13 Å². The number of thiazole rings is 1. The molecule has 0 unspecified atom stereocenters. The summed E-state index contributed by atoms with van der Waals surface area (Å²) in [5.74, 6) is -0.566. The number of benzene rings is 1. The smallest absolute Gasteiger partial charge is 0.251 e. The second kappa shape index (κ2) is 7.06. The lowest BCUT2D eigenvalue weighted by molar-refractivity contribution is -0.120. The zero-order valence-corrected chi connectivity index (χ0v) is 14.9. The molecule has 2 amide bonds. The van der Waals surface area contributed by atoms with Crippen molar-refractivity contribution >= 4 is 33.4 Å². The van der Waals surface area contributed by atoms with E-state index in [-0.39, 0.29) is 11.8 Å². The second-order valence-electron chi connectivity index (χ2n) is 6.33. The first-order valence-electron chi connectivity index (χ1n) is 8.08. The Labute approximate surface area is 149 Å². The molecule has 3 aromatic rings. The van der Waals surface area contributed by atoms with E-state index in [1.165, 1.54) is 11.3 Å². The van der Waals surface area contributed by atoms with Crippen LogP contribution in [0.3, 0.4) is 0 Å². The number of nitrogens with two attached hydrogens (primary N) is 1. The third-order valence-corrected chi connectivity index (χ3v) is 4.85. The lowest BCUT2D eigenvalue weighted by Gasteiger charge is -2.17. The molecule has 25 heavy (non-hydrogen) atoms. The van der Waals surface area contributed by atoms with Gasteiger partial charge in [0.1, 0.15) is 6.04 Å². The van der Waals surface area contributed by atoms with Crippen LogP contribution in [0.15, 0.2) is 42.7 Å². The summed E-state index contributed by atoms with van der Waals surface area (Å²) in [4.78, 5) is 28.6. The molecule has 0 radical (unpaired) electrons. The maximum absolute atomic E-state index is 12.5.